The van der Waals surface area contributed by atoms with Gasteiger partial charge in [0.2, 0.25) is 5.58 Å². The number of hydrogen-bond donors (Lipinski definition) is 0. The maximum absolute atomic E-state index is 6.08. The number of nitrogens with zero attached hydrogens (tertiary/aromatic N) is 4. The molecule has 2 aromatic carbocycles. The van der Waals surface area contributed by atoms with Crippen molar-refractivity contribution in [3.63, 3.8) is 0 Å². The Hall–Kier alpha value is -3.90. The van der Waals surface area contributed by atoms with E-state index in [1.807, 2.05) is 42.1 Å². The minimum Gasteiger partial charge on any atom is -0.497 e. The molecule has 5 rings (SSSR count). The predicted octanol–water partition coefficient (Wildman–Crippen LogP) is 5.53. The summed E-state index contributed by atoms with van der Waals surface area (Å²) in [6, 6.07) is 19.0. The van der Waals surface area contributed by atoms with Gasteiger partial charge in [-0.1, -0.05) is 38.1 Å². The number of methoxy groups -OCH3 is 1. The second kappa shape index (κ2) is 9.99. The van der Waals surface area contributed by atoms with Gasteiger partial charge in [-0.15, -0.1) is 0 Å². The van der Waals surface area contributed by atoms with Crippen LogP contribution >= 0.6 is 0 Å². The van der Waals surface area contributed by atoms with Gasteiger partial charge in [-0.3, -0.25) is 4.90 Å². The van der Waals surface area contributed by atoms with E-state index in [2.05, 4.69) is 73.2 Å². The fourth-order valence-electron chi connectivity index (χ4n) is 4.73. The molecule has 4 aromatic rings. The van der Waals surface area contributed by atoms with Gasteiger partial charge in [0.1, 0.15) is 5.75 Å². The van der Waals surface area contributed by atoms with Gasteiger partial charge < -0.3 is 14.1 Å². The second-order valence-corrected chi connectivity index (χ2v) is 9.09. The van der Waals surface area contributed by atoms with E-state index in [9.17, 15) is 0 Å². The first-order valence-corrected chi connectivity index (χ1v) is 12.4. The van der Waals surface area contributed by atoms with Crippen LogP contribution in [0.2, 0.25) is 0 Å². The highest BCUT2D eigenvalue weighted by Crippen LogP contribution is 2.41. The van der Waals surface area contributed by atoms with Crippen molar-refractivity contribution < 1.29 is 13.7 Å². The van der Waals surface area contributed by atoms with Crippen LogP contribution in [0.3, 0.4) is 0 Å². The van der Waals surface area contributed by atoms with E-state index in [0.29, 0.717) is 5.89 Å². The number of anilines is 1. The number of aryl methyl sites for hydroxylation is 1. The molecule has 3 heterocycles. The molecule has 0 unspecified atom stereocenters. The molecule has 184 valence electrons. The predicted molar refractivity (Wildman–Crippen MR) is 145 cm³/mol. The number of fused-ring (bicyclic) bond motifs is 2. The number of allylic oxidation sites excluding steroid dienone is 2. The fraction of sp³-hybridized carbons (Fsp3) is 0.267. The van der Waals surface area contributed by atoms with Gasteiger partial charge in [0, 0.05) is 41.6 Å². The number of pyridine rings is 1. The molecule has 2 aromatic heterocycles. The number of rotatable bonds is 7. The van der Waals surface area contributed by atoms with Gasteiger partial charge in [-0.25, -0.2) is 4.57 Å². The number of hydrogen-bond acceptors (Lipinski definition) is 5. The Morgan fingerprint density at radius 1 is 1.08 bits per heavy atom. The Balaban J connectivity index is 1.58. The summed E-state index contributed by atoms with van der Waals surface area (Å²) in [7, 11) is 5.77. The number of aromatic nitrogens is 2. The zero-order valence-electron chi connectivity index (χ0n) is 21.7. The molecule has 0 saturated heterocycles. The topological polar surface area (TPSA) is 45.6 Å². The van der Waals surface area contributed by atoms with Crippen molar-refractivity contribution in [3.8, 4) is 5.75 Å². The molecule has 0 radical (unpaired) electrons. The van der Waals surface area contributed by atoms with E-state index in [1.54, 1.807) is 7.11 Å². The van der Waals surface area contributed by atoms with Crippen LogP contribution in [0.25, 0.3) is 28.6 Å². The van der Waals surface area contributed by atoms with E-state index >= 15 is 0 Å². The Bertz CT molecular complexity index is 1450. The zero-order valence-corrected chi connectivity index (χ0v) is 21.7. The number of ether oxygens (including phenoxy) is 1. The van der Waals surface area contributed by atoms with Crippen molar-refractivity contribution in [2.24, 2.45) is 7.05 Å². The molecular weight excluding hydrogens is 448 g/mol. The van der Waals surface area contributed by atoms with Crippen molar-refractivity contribution in [2.45, 2.75) is 20.4 Å². The quantitative estimate of drug-likeness (QED) is 0.325. The molecule has 0 aliphatic carbocycles. The van der Waals surface area contributed by atoms with Crippen LogP contribution in [-0.2, 0) is 13.6 Å². The summed E-state index contributed by atoms with van der Waals surface area (Å²) < 4.78 is 13.6. The first-order valence-electron chi connectivity index (χ1n) is 12.4. The lowest BCUT2D eigenvalue weighted by Gasteiger charge is -2.31. The number of benzene rings is 2. The Morgan fingerprint density at radius 2 is 1.86 bits per heavy atom. The molecule has 0 amide bonds. The van der Waals surface area contributed by atoms with Gasteiger partial charge in [-0.05, 0) is 66.2 Å². The molecule has 6 nitrogen and oxygen atoms in total. The molecule has 6 heteroatoms. The largest absolute Gasteiger partial charge is 0.497 e. The maximum atomic E-state index is 6.08. The van der Waals surface area contributed by atoms with Crippen LogP contribution < -0.4 is 14.2 Å². The molecule has 36 heavy (non-hydrogen) atoms. The minimum atomic E-state index is 0.574. The lowest BCUT2D eigenvalue weighted by Crippen LogP contribution is -2.28. The zero-order chi connectivity index (χ0) is 25.2. The third-order valence-corrected chi connectivity index (χ3v) is 6.90. The Kier molecular flexibility index (Phi) is 6.61. The standard InChI is InChI=1S/C30H33N4O2/c1-6-34(7-2)20-21-10-12-22(13-11-21)27-17-23(25-19-24(35-5)14-15-26(25)33(27)4)18-29-31-30-28(36-29)9-8-16-32(30)3/h8-19H,6-7,20H2,1-5H3/q+1. The minimum absolute atomic E-state index is 0.574. The van der Waals surface area contributed by atoms with Crippen molar-refractivity contribution in [1.82, 2.24) is 9.88 Å². The fourth-order valence-corrected chi connectivity index (χ4v) is 4.73. The van der Waals surface area contributed by atoms with Crippen molar-refractivity contribution >= 4 is 34.3 Å². The summed E-state index contributed by atoms with van der Waals surface area (Å²) in [5, 5.41) is 0. The molecule has 0 atom stereocenters. The van der Waals surface area contributed by atoms with Gasteiger partial charge in [-0.2, -0.15) is 0 Å². The van der Waals surface area contributed by atoms with Gasteiger partial charge in [0.15, 0.2) is 0 Å². The molecule has 0 bridgehead atoms. The number of oxazole rings is 1. The Morgan fingerprint density at radius 3 is 2.56 bits per heavy atom. The lowest BCUT2D eigenvalue weighted by molar-refractivity contribution is -0.646. The van der Waals surface area contributed by atoms with Crippen LogP contribution in [0.5, 0.6) is 5.75 Å². The van der Waals surface area contributed by atoms with Crippen molar-refractivity contribution in [3.05, 3.63) is 89.5 Å². The van der Waals surface area contributed by atoms with Crippen LogP contribution in [0.15, 0.2) is 71.3 Å². The van der Waals surface area contributed by atoms with Gasteiger partial charge in [0.05, 0.1) is 20.4 Å². The average Bonchev–Trinajstić information content (AvgIpc) is 3.33. The summed E-state index contributed by atoms with van der Waals surface area (Å²) in [5.74, 6) is 1.39. The molecular formula is C30H33N4O2+. The van der Waals surface area contributed by atoms with Crippen molar-refractivity contribution in [1.29, 1.82) is 0 Å². The summed E-state index contributed by atoms with van der Waals surface area (Å²) >= 11 is 0. The summed E-state index contributed by atoms with van der Waals surface area (Å²) in [6.07, 6.45) is 6.19. The highest BCUT2D eigenvalue weighted by molar-refractivity contribution is 6.03. The lowest BCUT2D eigenvalue weighted by atomic mass is 9.94. The first-order chi connectivity index (χ1) is 17.5. The summed E-state index contributed by atoms with van der Waals surface area (Å²) in [6.45, 7) is 7.47. The van der Waals surface area contributed by atoms with E-state index in [0.717, 1.165) is 64.7 Å². The highest BCUT2D eigenvalue weighted by atomic mass is 16.5. The second-order valence-electron chi connectivity index (χ2n) is 9.09. The van der Waals surface area contributed by atoms with Crippen LogP contribution in [0, 0.1) is 0 Å². The van der Waals surface area contributed by atoms with E-state index in [-0.39, 0.29) is 0 Å². The normalized spacial score (nSPS) is 14.4. The van der Waals surface area contributed by atoms with E-state index < -0.39 is 0 Å². The molecule has 0 saturated carbocycles. The molecule has 0 fully saturated rings. The average molecular weight is 482 g/mol. The molecule has 0 spiro atoms. The SMILES string of the molecule is CCN(CC)Cc1ccc(C2=CC(=Cc3nc4c(ccc[n+]4C)o3)c3cc(OC)ccc3N2C)cc1. The van der Waals surface area contributed by atoms with Crippen LogP contribution in [-0.4, -0.2) is 37.1 Å². The van der Waals surface area contributed by atoms with Crippen LogP contribution in [0.4, 0.5) is 5.69 Å². The maximum Gasteiger partial charge on any atom is 0.370 e. The van der Waals surface area contributed by atoms with Gasteiger partial charge >= 0.3 is 11.5 Å². The molecule has 0 N–H and O–H groups in total. The first kappa shape index (κ1) is 23.8. The van der Waals surface area contributed by atoms with Crippen LogP contribution in [0.1, 0.15) is 36.4 Å². The monoisotopic (exact) mass is 481 g/mol. The van der Waals surface area contributed by atoms with E-state index in [1.165, 1.54) is 5.56 Å². The Labute approximate surface area is 212 Å². The molecule has 1 aliphatic rings. The molecule has 1 aliphatic heterocycles. The van der Waals surface area contributed by atoms with E-state index in [4.69, 9.17) is 14.1 Å². The highest BCUT2D eigenvalue weighted by Gasteiger charge is 2.24. The third kappa shape index (κ3) is 4.52. The third-order valence-electron chi connectivity index (χ3n) is 6.90. The summed E-state index contributed by atoms with van der Waals surface area (Å²) in [5.41, 5.74) is 8.39. The summed E-state index contributed by atoms with van der Waals surface area (Å²) in [4.78, 5) is 9.39. The van der Waals surface area contributed by atoms with Crippen molar-refractivity contribution in [2.75, 3.05) is 32.1 Å². The van der Waals surface area contributed by atoms with Gasteiger partial charge in [0.25, 0.3) is 0 Å². The smallest absolute Gasteiger partial charge is 0.370 e.